The first kappa shape index (κ1) is 21.1. The molecule has 1 saturated heterocycles. The van der Waals surface area contributed by atoms with Crippen LogP contribution < -0.4 is 16.6 Å². The molecule has 2 amide bonds. The van der Waals surface area contributed by atoms with E-state index in [1.54, 1.807) is 23.1 Å². The summed E-state index contributed by atoms with van der Waals surface area (Å²) in [6, 6.07) is 8.05. The Balaban J connectivity index is 1.42. The van der Waals surface area contributed by atoms with E-state index in [1.807, 2.05) is 0 Å². The molecular weight excluding hydrogens is 449 g/mol. The number of nitrogens with zero attached hydrogens (tertiary/aromatic N) is 3. The van der Waals surface area contributed by atoms with E-state index < -0.39 is 11.8 Å². The standard InChI is InChI=1S/C22H19ClFN7O2/c23-14-9-17(15(24)8-13(14)10-1-3-16(25)18(6-10)28-26)27-22(33)31-12-2-4-19(31)21-11(5-12)7-20(32)29-30-21/h1,3,6-9,12,19,26H,2,4-5,25H2,(H,27,33)(H,29,32)/t12-,19+/m0/s1. The van der Waals surface area contributed by atoms with E-state index in [0.29, 0.717) is 35.3 Å². The van der Waals surface area contributed by atoms with Crippen LogP contribution in [0.3, 0.4) is 0 Å². The first-order valence-electron chi connectivity index (χ1n) is 10.3. The molecule has 168 valence electrons. The maximum Gasteiger partial charge on any atom is 0.322 e. The lowest BCUT2D eigenvalue weighted by atomic mass is 9.99. The fourth-order valence-corrected chi connectivity index (χ4v) is 4.94. The van der Waals surface area contributed by atoms with E-state index in [9.17, 15) is 14.0 Å². The van der Waals surface area contributed by atoms with Crippen LogP contribution in [-0.4, -0.2) is 27.2 Å². The van der Waals surface area contributed by atoms with Gasteiger partial charge in [-0.2, -0.15) is 10.2 Å². The van der Waals surface area contributed by atoms with Crippen molar-refractivity contribution in [2.45, 2.75) is 31.3 Å². The third-order valence-electron chi connectivity index (χ3n) is 6.19. The number of aromatic nitrogens is 2. The summed E-state index contributed by atoms with van der Waals surface area (Å²) in [5.41, 5.74) is 15.7. The summed E-state index contributed by atoms with van der Waals surface area (Å²) in [5, 5.41) is 12.8. The van der Waals surface area contributed by atoms with Crippen LogP contribution in [0.5, 0.6) is 0 Å². The molecule has 2 aromatic carbocycles. The van der Waals surface area contributed by atoms with Crippen molar-refractivity contribution in [2.24, 2.45) is 5.11 Å². The molecule has 9 nitrogen and oxygen atoms in total. The van der Waals surface area contributed by atoms with Crippen LogP contribution in [0.4, 0.5) is 26.2 Å². The number of urea groups is 1. The zero-order valence-corrected chi connectivity index (χ0v) is 18.0. The van der Waals surface area contributed by atoms with Gasteiger partial charge in [0.2, 0.25) is 0 Å². The highest BCUT2D eigenvalue weighted by Gasteiger charge is 2.44. The number of halogens is 2. The second-order valence-electron chi connectivity index (χ2n) is 8.13. The molecule has 2 atom stereocenters. The Labute approximate surface area is 192 Å². The van der Waals surface area contributed by atoms with Gasteiger partial charge < -0.3 is 16.0 Å². The highest BCUT2D eigenvalue weighted by Crippen LogP contribution is 2.43. The average molecular weight is 468 g/mol. The Bertz CT molecular complexity index is 1360. The number of benzene rings is 2. The molecule has 2 bridgehead atoms. The fraction of sp³-hybridized carbons (Fsp3) is 0.227. The van der Waals surface area contributed by atoms with Crippen molar-refractivity contribution in [3.05, 3.63) is 68.8 Å². The van der Waals surface area contributed by atoms with Crippen LogP contribution in [0.2, 0.25) is 5.02 Å². The number of carbonyl (C=O) groups is 1. The number of aromatic amines is 1. The average Bonchev–Trinajstić information content (AvgIpc) is 3.11. The molecule has 0 aliphatic carbocycles. The van der Waals surface area contributed by atoms with Crippen LogP contribution in [0.25, 0.3) is 11.1 Å². The van der Waals surface area contributed by atoms with E-state index in [-0.39, 0.29) is 34.0 Å². The topological polar surface area (TPSA) is 140 Å². The quantitative estimate of drug-likeness (QED) is 0.325. The molecule has 2 aliphatic rings. The summed E-state index contributed by atoms with van der Waals surface area (Å²) in [7, 11) is 0. The number of hydrogen-bond acceptors (Lipinski definition) is 6. The molecule has 3 aromatic rings. The second-order valence-corrected chi connectivity index (χ2v) is 8.54. The lowest BCUT2D eigenvalue weighted by Gasteiger charge is -2.35. The first-order valence-corrected chi connectivity index (χ1v) is 10.7. The minimum absolute atomic E-state index is 0.0470. The lowest BCUT2D eigenvalue weighted by Crippen LogP contribution is -2.45. The predicted molar refractivity (Wildman–Crippen MR) is 121 cm³/mol. The minimum Gasteiger partial charge on any atom is -0.397 e. The van der Waals surface area contributed by atoms with Crippen LogP contribution in [-0.2, 0) is 6.42 Å². The Morgan fingerprint density at radius 3 is 2.91 bits per heavy atom. The van der Waals surface area contributed by atoms with Gasteiger partial charge >= 0.3 is 6.03 Å². The summed E-state index contributed by atoms with van der Waals surface area (Å²) in [6.07, 6.45) is 2.01. The van der Waals surface area contributed by atoms with Crippen molar-refractivity contribution < 1.29 is 9.18 Å². The van der Waals surface area contributed by atoms with Crippen molar-refractivity contribution in [2.75, 3.05) is 11.1 Å². The molecule has 0 spiro atoms. The molecule has 5 N–H and O–H groups in total. The van der Waals surface area contributed by atoms with Gasteiger partial charge in [-0.25, -0.2) is 19.8 Å². The Morgan fingerprint density at radius 2 is 2.12 bits per heavy atom. The fourth-order valence-electron chi connectivity index (χ4n) is 4.67. The minimum atomic E-state index is -0.656. The molecular formula is C22H19ClFN7O2. The van der Waals surface area contributed by atoms with E-state index in [2.05, 4.69) is 20.6 Å². The predicted octanol–water partition coefficient (Wildman–Crippen LogP) is 4.77. The van der Waals surface area contributed by atoms with Gasteiger partial charge in [-0.3, -0.25) is 4.79 Å². The molecule has 0 saturated carbocycles. The van der Waals surface area contributed by atoms with Gasteiger partial charge in [0.1, 0.15) is 11.5 Å². The summed E-state index contributed by atoms with van der Waals surface area (Å²) >= 11 is 6.41. The number of nitrogens with one attached hydrogen (secondary N) is 3. The molecule has 33 heavy (non-hydrogen) atoms. The van der Waals surface area contributed by atoms with Crippen molar-refractivity contribution in [1.82, 2.24) is 15.1 Å². The summed E-state index contributed by atoms with van der Waals surface area (Å²) in [5.74, 6) is -0.656. The number of nitrogens with two attached hydrogens (primary N) is 1. The Hall–Kier alpha value is -3.79. The SMILES string of the molecule is N=Nc1cc(-c2cc(F)c(NC(=O)N3[C@H]4CC[C@@H]3c3n[nH]c(=O)cc3C4)cc2Cl)ccc1N. The van der Waals surface area contributed by atoms with Crippen molar-refractivity contribution >= 4 is 34.7 Å². The molecule has 1 aromatic heterocycles. The van der Waals surface area contributed by atoms with Crippen LogP contribution >= 0.6 is 11.6 Å². The number of nitrogen functional groups attached to an aromatic ring is 1. The highest BCUT2D eigenvalue weighted by molar-refractivity contribution is 6.33. The number of amides is 2. The maximum atomic E-state index is 15.0. The van der Waals surface area contributed by atoms with E-state index in [1.165, 1.54) is 18.2 Å². The molecule has 5 rings (SSSR count). The Kier molecular flexibility index (Phi) is 5.09. The highest BCUT2D eigenvalue weighted by atomic mass is 35.5. The molecule has 1 fully saturated rings. The van der Waals surface area contributed by atoms with Gasteiger partial charge in [0.05, 0.1) is 28.1 Å². The number of hydrogen-bond donors (Lipinski definition) is 4. The van der Waals surface area contributed by atoms with Crippen molar-refractivity contribution in [3.8, 4) is 11.1 Å². The van der Waals surface area contributed by atoms with Crippen LogP contribution in [0.15, 0.2) is 46.3 Å². The number of H-pyrrole nitrogens is 1. The second kappa shape index (κ2) is 7.96. The molecule has 0 unspecified atom stereocenters. The maximum absolute atomic E-state index is 15.0. The van der Waals surface area contributed by atoms with Gasteiger partial charge in [-0.1, -0.05) is 17.7 Å². The van der Waals surface area contributed by atoms with E-state index >= 15 is 0 Å². The molecule has 0 radical (unpaired) electrons. The summed E-state index contributed by atoms with van der Waals surface area (Å²) < 4.78 is 15.0. The van der Waals surface area contributed by atoms with Crippen molar-refractivity contribution in [1.29, 1.82) is 5.53 Å². The monoisotopic (exact) mass is 467 g/mol. The zero-order chi connectivity index (χ0) is 23.3. The smallest absolute Gasteiger partial charge is 0.322 e. The van der Waals surface area contributed by atoms with Crippen molar-refractivity contribution in [3.63, 3.8) is 0 Å². The normalized spacial score (nSPS) is 18.7. The molecule has 2 aliphatic heterocycles. The van der Waals surface area contributed by atoms with E-state index in [4.69, 9.17) is 22.9 Å². The van der Waals surface area contributed by atoms with Crippen LogP contribution in [0, 0.1) is 11.3 Å². The number of anilines is 2. The third-order valence-corrected chi connectivity index (χ3v) is 6.50. The lowest BCUT2D eigenvalue weighted by molar-refractivity contribution is 0.177. The summed E-state index contributed by atoms with van der Waals surface area (Å²) in [4.78, 5) is 26.4. The third kappa shape index (κ3) is 3.62. The van der Waals surface area contributed by atoms with E-state index in [0.717, 1.165) is 12.0 Å². The largest absolute Gasteiger partial charge is 0.397 e. The van der Waals surface area contributed by atoms with Gasteiger partial charge in [-0.05, 0) is 54.7 Å². The zero-order valence-electron chi connectivity index (χ0n) is 17.2. The number of carbonyl (C=O) groups excluding carboxylic acids is 1. The number of fused-ring (bicyclic) bond motifs is 4. The van der Waals surface area contributed by atoms with Gasteiger partial charge in [0.15, 0.2) is 0 Å². The number of rotatable bonds is 3. The first-order chi connectivity index (χ1) is 15.9. The molecule has 11 heteroatoms. The summed E-state index contributed by atoms with van der Waals surface area (Å²) in [6.45, 7) is 0. The van der Waals surface area contributed by atoms with Gasteiger partial charge in [-0.15, -0.1) is 0 Å². The van der Waals surface area contributed by atoms with Gasteiger partial charge in [0.25, 0.3) is 5.56 Å². The Morgan fingerprint density at radius 1 is 1.30 bits per heavy atom. The van der Waals surface area contributed by atoms with Gasteiger partial charge in [0, 0.05) is 17.7 Å². The molecule has 3 heterocycles. The van der Waals surface area contributed by atoms with Crippen LogP contribution in [0.1, 0.15) is 30.1 Å².